The third-order valence-corrected chi connectivity index (χ3v) is 4.75. The van der Waals surface area contributed by atoms with Gasteiger partial charge in [0.2, 0.25) is 0 Å². The smallest absolute Gasteiger partial charge is 0.262 e. The summed E-state index contributed by atoms with van der Waals surface area (Å²) in [5.74, 6) is -0.701. The molecule has 0 saturated heterocycles. The molecule has 0 aliphatic heterocycles. The number of rotatable bonds is 3. The van der Waals surface area contributed by atoms with E-state index in [1.807, 2.05) is 0 Å². The van der Waals surface area contributed by atoms with Crippen molar-refractivity contribution in [3.05, 3.63) is 51.8 Å². The minimum atomic E-state index is -4.03. The highest BCUT2D eigenvalue weighted by Gasteiger charge is 2.19. The molecule has 0 aliphatic carbocycles. The molecule has 112 valence electrons. The number of nitrogens with two attached hydrogens (primary N) is 1. The van der Waals surface area contributed by atoms with Gasteiger partial charge in [-0.3, -0.25) is 4.72 Å². The third-order valence-electron chi connectivity index (χ3n) is 2.84. The van der Waals surface area contributed by atoms with Gasteiger partial charge >= 0.3 is 0 Å². The first-order chi connectivity index (χ1) is 9.70. The summed E-state index contributed by atoms with van der Waals surface area (Å²) in [7, 11) is -4.03. The Balaban J connectivity index is 2.46. The average Bonchev–Trinajstić information content (AvgIpc) is 2.39. The van der Waals surface area contributed by atoms with Crippen LogP contribution < -0.4 is 10.5 Å². The van der Waals surface area contributed by atoms with Gasteiger partial charge in [-0.05, 0) is 37.3 Å². The molecule has 3 N–H and O–H groups in total. The second-order valence-corrected chi connectivity index (χ2v) is 6.88. The summed E-state index contributed by atoms with van der Waals surface area (Å²) >= 11 is 11.7. The molecule has 0 aromatic heterocycles. The monoisotopic (exact) mass is 348 g/mol. The molecule has 8 heteroatoms. The number of halogens is 3. The molecule has 0 spiro atoms. The summed E-state index contributed by atoms with van der Waals surface area (Å²) in [4.78, 5) is -0.292. The van der Waals surface area contributed by atoms with Crippen molar-refractivity contribution >= 4 is 44.6 Å². The Morgan fingerprint density at radius 2 is 1.86 bits per heavy atom. The topological polar surface area (TPSA) is 72.2 Å². The minimum Gasteiger partial charge on any atom is -0.398 e. The molecule has 2 aromatic carbocycles. The van der Waals surface area contributed by atoms with Crippen LogP contribution in [0.3, 0.4) is 0 Å². The summed E-state index contributed by atoms with van der Waals surface area (Å²) in [6, 6.07) is 6.40. The largest absolute Gasteiger partial charge is 0.398 e. The Kier molecular flexibility index (Phi) is 4.32. The van der Waals surface area contributed by atoms with Gasteiger partial charge in [-0.25, -0.2) is 12.8 Å². The SMILES string of the molecule is Cc1c(N)cc(S(=O)(=O)Nc2cc(Cl)ccc2Cl)cc1F. The van der Waals surface area contributed by atoms with Crippen molar-refractivity contribution in [1.82, 2.24) is 0 Å². The molecule has 0 atom stereocenters. The lowest BCUT2D eigenvalue weighted by Gasteiger charge is -2.11. The maximum absolute atomic E-state index is 13.6. The van der Waals surface area contributed by atoms with Crippen LogP contribution in [0.15, 0.2) is 35.2 Å². The van der Waals surface area contributed by atoms with E-state index in [1.165, 1.54) is 31.2 Å². The Morgan fingerprint density at radius 1 is 1.19 bits per heavy atom. The molecule has 2 aromatic rings. The number of hydrogen-bond acceptors (Lipinski definition) is 3. The molecule has 0 aliphatic rings. The zero-order valence-corrected chi connectivity index (χ0v) is 13.2. The quantitative estimate of drug-likeness (QED) is 0.828. The molecule has 0 fully saturated rings. The van der Waals surface area contributed by atoms with Crippen LogP contribution >= 0.6 is 23.2 Å². The van der Waals surface area contributed by atoms with Gasteiger partial charge in [0.15, 0.2) is 0 Å². The van der Waals surface area contributed by atoms with Crippen molar-refractivity contribution < 1.29 is 12.8 Å². The zero-order valence-electron chi connectivity index (χ0n) is 10.8. The van der Waals surface area contributed by atoms with E-state index >= 15 is 0 Å². The number of anilines is 2. The Morgan fingerprint density at radius 3 is 2.48 bits per heavy atom. The number of sulfonamides is 1. The maximum Gasteiger partial charge on any atom is 0.262 e. The molecule has 21 heavy (non-hydrogen) atoms. The first-order valence-corrected chi connectivity index (χ1v) is 7.98. The summed E-state index contributed by atoms with van der Waals surface area (Å²) in [5, 5.41) is 0.482. The average molecular weight is 349 g/mol. The van der Waals surface area contributed by atoms with Gasteiger partial charge in [0.05, 0.1) is 15.6 Å². The highest BCUT2D eigenvalue weighted by atomic mass is 35.5. The van der Waals surface area contributed by atoms with E-state index in [-0.39, 0.29) is 26.9 Å². The van der Waals surface area contributed by atoms with Crippen molar-refractivity contribution in [2.45, 2.75) is 11.8 Å². The first-order valence-electron chi connectivity index (χ1n) is 5.74. The number of nitrogens with one attached hydrogen (secondary N) is 1. The standard InChI is InChI=1S/C13H11Cl2FN2O2S/c1-7-11(16)5-9(6-12(7)17)21(19,20)18-13-4-8(14)2-3-10(13)15/h2-6,18H,17H2,1H3. The Bertz CT molecular complexity index is 787. The van der Waals surface area contributed by atoms with Crippen molar-refractivity contribution in [3.63, 3.8) is 0 Å². The molecular weight excluding hydrogens is 338 g/mol. The van der Waals surface area contributed by atoms with E-state index in [1.54, 1.807) is 0 Å². The van der Waals surface area contributed by atoms with Gasteiger partial charge in [-0.2, -0.15) is 0 Å². The fourth-order valence-corrected chi connectivity index (χ4v) is 3.12. The fraction of sp³-hybridized carbons (Fsp3) is 0.0769. The van der Waals surface area contributed by atoms with E-state index in [9.17, 15) is 12.8 Å². The number of nitrogen functional groups attached to an aromatic ring is 1. The van der Waals surface area contributed by atoms with E-state index in [0.29, 0.717) is 5.02 Å². The van der Waals surface area contributed by atoms with Gasteiger partial charge < -0.3 is 5.73 Å². The third kappa shape index (κ3) is 3.40. The molecule has 0 heterocycles. The summed E-state index contributed by atoms with van der Waals surface area (Å²) in [6.45, 7) is 1.46. The van der Waals surface area contributed by atoms with Crippen LogP contribution in [-0.4, -0.2) is 8.42 Å². The molecule has 0 saturated carbocycles. The highest BCUT2D eigenvalue weighted by Crippen LogP contribution is 2.29. The van der Waals surface area contributed by atoms with Crippen LogP contribution in [0.25, 0.3) is 0 Å². The van der Waals surface area contributed by atoms with Gasteiger partial charge in [0, 0.05) is 16.3 Å². The van der Waals surface area contributed by atoms with Crippen molar-refractivity contribution in [2.24, 2.45) is 0 Å². The summed E-state index contributed by atoms with van der Waals surface area (Å²) in [6.07, 6.45) is 0. The zero-order chi connectivity index (χ0) is 15.8. The normalized spacial score (nSPS) is 11.4. The molecule has 0 unspecified atom stereocenters. The minimum absolute atomic E-state index is 0.0487. The molecule has 0 bridgehead atoms. The maximum atomic E-state index is 13.6. The van der Waals surface area contributed by atoms with Crippen LogP contribution in [0.1, 0.15) is 5.56 Å². The van der Waals surface area contributed by atoms with Gasteiger partial charge in [-0.15, -0.1) is 0 Å². The van der Waals surface area contributed by atoms with Gasteiger partial charge in [-0.1, -0.05) is 23.2 Å². The predicted octanol–water partition coefficient (Wildman–Crippen LogP) is 3.82. The van der Waals surface area contributed by atoms with Crippen molar-refractivity contribution in [2.75, 3.05) is 10.5 Å². The summed E-state index contributed by atoms with van der Waals surface area (Å²) < 4.78 is 40.4. The lowest BCUT2D eigenvalue weighted by atomic mass is 10.2. The fourth-order valence-electron chi connectivity index (χ4n) is 1.61. The first kappa shape index (κ1) is 15.9. The predicted molar refractivity (Wildman–Crippen MR) is 82.8 cm³/mol. The van der Waals surface area contributed by atoms with Crippen LogP contribution in [0, 0.1) is 12.7 Å². The van der Waals surface area contributed by atoms with Gasteiger partial charge in [0.25, 0.3) is 10.0 Å². The van der Waals surface area contributed by atoms with E-state index in [0.717, 1.165) is 6.07 Å². The second kappa shape index (κ2) is 5.71. The van der Waals surface area contributed by atoms with E-state index in [4.69, 9.17) is 28.9 Å². The van der Waals surface area contributed by atoms with E-state index in [2.05, 4.69) is 4.72 Å². The van der Waals surface area contributed by atoms with E-state index < -0.39 is 15.8 Å². The van der Waals surface area contributed by atoms with Crippen LogP contribution in [0.4, 0.5) is 15.8 Å². The number of benzene rings is 2. The van der Waals surface area contributed by atoms with Crippen LogP contribution in [-0.2, 0) is 10.0 Å². The summed E-state index contributed by atoms with van der Waals surface area (Å²) in [5.41, 5.74) is 5.93. The molecule has 2 rings (SSSR count). The molecule has 4 nitrogen and oxygen atoms in total. The van der Waals surface area contributed by atoms with Crippen molar-refractivity contribution in [3.8, 4) is 0 Å². The van der Waals surface area contributed by atoms with Gasteiger partial charge in [0.1, 0.15) is 5.82 Å². The highest BCUT2D eigenvalue weighted by molar-refractivity contribution is 7.92. The number of hydrogen-bond donors (Lipinski definition) is 2. The molecule has 0 amide bonds. The van der Waals surface area contributed by atoms with Crippen LogP contribution in [0.5, 0.6) is 0 Å². The van der Waals surface area contributed by atoms with Crippen molar-refractivity contribution in [1.29, 1.82) is 0 Å². The Hall–Kier alpha value is -1.50. The Labute approximate surface area is 131 Å². The lowest BCUT2D eigenvalue weighted by molar-refractivity contribution is 0.593. The lowest BCUT2D eigenvalue weighted by Crippen LogP contribution is -2.14. The second-order valence-electron chi connectivity index (χ2n) is 4.35. The molecular formula is C13H11Cl2FN2O2S. The molecule has 0 radical (unpaired) electrons. The van der Waals surface area contributed by atoms with Crippen LogP contribution in [0.2, 0.25) is 10.0 Å².